The Morgan fingerprint density at radius 3 is 1.59 bits per heavy atom. The lowest BCUT2D eigenvalue weighted by Crippen LogP contribution is -2.61. The van der Waals surface area contributed by atoms with Gasteiger partial charge >= 0.3 is 12.2 Å². The van der Waals surface area contributed by atoms with Crippen LogP contribution in [-0.4, -0.2) is 27.1 Å². The van der Waals surface area contributed by atoms with E-state index in [0.29, 0.717) is 0 Å². The van der Waals surface area contributed by atoms with Gasteiger partial charge in [0.05, 0.1) is 6.61 Å². The molecular weight excluding hydrogens is 360 g/mol. The molecule has 0 heterocycles. The van der Waals surface area contributed by atoms with Crippen molar-refractivity contribution in [3.63, 3.8) is 0 Å². The number of carbonyl (C=O) groups is 2. The van der Waals surface area contributed by atoms with E-state index in [2.05, 4.69) is 79.5 Å². The molecule has 0 N–H and O–H groups in total. The normalized spacial score (nSPS) is 13.7. The van der Waals surface area contributed by atoms with Crippen molar-refractivity contribution in [3.05, 3.63) is 0 Å². The molecule has 0 saturated heterocycles. The van der Waals surface area contributed by atoms with Crippen LogP contribution < -0.4 is 0 Å². The largest absolute Gasteiger partial charge is 0.499 e. The molecule has 0 radical (unpaired) electrons. The number of amides is 2. The lowest BCUT2D eigenvalue weighted by Gasteiger charge is -2.56. The summed E-state index contributed by atoms with van der Waals surface area (Å²) >= 11 is 0. The highest BCUT2D eigenvalue weighted by atomic mass is 28.4. The maximum Gasteiger partial charge on any atom is 0.452 e. The fourth-order valence-electron chi connectivity index (χ4n) is 4.78. The van der Waals surface area contributed by atoms with Crippen LogP contribution in [0.5, 0.6) is 0 Å². The maximum absolute atomic E-state index is 12.5. The van der Waals surface area contributed by atoms with Gasteiger partial charge < -0.3 is 9.16 Å². The molecular formula is C20H40N2O4Si. The van der Waals surface area contributed by atoms with Crippen LogP contribution in [0.15, 0.2) is 10.2 Å². The van der Waals surface area contributed by atoms with Gasteiger partial charge in [-0.15, -0.1) is 0 Å². The van der Waals surface area contributed by atoms with Gasteiger partial charge in [-0.25, -0.2) is 9.59 Å². The SMILES string of the molecule is CCCCCCOC(=O)N=NC(=O)O[Si](C(C)(C)C)(C(C)(C)C)C(C)(C)C. The number of ether oxygens (including phenoxy) is 1. The predicted molar refractivity (Wildman–Crippen MR) is 112 cm³/mol. The molecule has 0 aliphatic heterocycles. The van der Waals surface area contributed by atoms with Gasteiger partial charge in [0.2, 0.25) is 0 Å². The second-order valence-corrected chi connectivity index (χ2v) is 16.2. The second kappa shape index (κ2) is 9.80. The van der Waals surface area contributed by atoms with Crippen LogP contribution in [0.2, 0.25) is 15.1 Å². The van der Waals surface area contributed by atoms with Gasteiger partial charge in [-0.1, -0.05) is 98.7 Å². The van der Waals surface area contributed by atoms with E-state index >= 15 is 0 Å². The number of hydrogen-bond donors (Lipinski definition) is 0. The number of rotatable bonds is 6. The monoisotopic (exact) mass is 400 g/mol. The minimum Gasteiger partial charge on any atom is -0.499 e. The Balaban J connectivity index is 5.21. The number of carbonyl (C=O) groups excluding carboxylic acids is 2. The van der Waals surface area contributed by atoms with E-state index < -0.39 is 20.5 Å². The van der Waals surface area contributed by atoms with Crippen LogP contribution >= 0.6 is 0 Å². The van der Waals surface area contributed by atoms with Crippen molar-refractivity contribution in [2.45, 2.75) is 110 Å². The zero-order valence-corrected chi connectivity index (χ0v) is 20.1. The summed E-state index contributed by atoms with van der Waals surface area (Å²) in [5, 5.41) is 6.19. The summed E-state index contributed by atoms with van der Waals surface area (Å²) in [6, 6.07) is 0. The summed E-state index contributed by atoms with van der Waals surface area (Å²) in [6.07, 6.45) is 2.33. The molecule has 0 aromatic rings. The molecule has 27 heavy (non-hydrogen) atoms. The summed E-state index contributed by atoms with van der Waals surface area (Å²) < 4.78 is 11.0. The number of hydrogen-bond acceptors (Lipinski definition) is 4. The Labute approximate surface area is 166 Å². The summed E-state index contributed by atoms with van der Waals surface area (Å²) in [7, 11) is -2.73. The van der Waals surface area contributed by atoms with E-state index in [9.17, 15) is 9.59 Å². The molecule has 0 aliphatic rings. The van der Waals surface area contributed by atoms with Crippen LogP contribution in [0.25, 0.3) is 0 Å². The number of nitrogens with zero attached hydrogens (tertiary/aromatic N) is 2. The van der Waals surface area contributed by atoms with Gasteiger partial charge in [-0.05, 0) is 21.5 Å². The van der Waals surface area contributed by atoms with E-state index in [1.807, 2.05) is 0 Å². The molecule has 2 amide bonds. The molecule has 0 unspecified atom stereocenters. The Morgan fingerprint density at radius 1 is 0.741 bits per heavy atom. The first kappa shape index (κ1) is 25.8. The highest BCUT2D eigenvalue weighted by Gasteiger charge is 2.64. The van der Waals surface area contributed by atoms with Crippen LogP contribution in [0.4, 0.5) is 9.59 Å². The summed E-state index contributed by atoms with van der Waals surface area (Å²) in [4.78, 5) is 24.1. The van der Waals surface area contributed by atoms with Crippen molar-refractivity contribution in [2.75, 3.05) is 6.61 Å². The molecule has 0 aromatic carbocycles. The van der Waals surface area contributed by atoms with Gasteiger partial charge in [-0.2, -0.15) is 0 Å². The zero-order valence-electron chi connectivity index (χ0n) is 19.1. The van der Waals surface area contributed by atoms with Gasteiger partial charge in [0, 0.05) is 0 Å². The van der Waals surface area contributed by atoms with E-state index in [1.165, 1.54) is 0 Å². The first-order valence-electron chi connectivity index (χ1n) is 9.91. The standard InChI is InChI=1S/C20H40N2O4Si/c1-11-12-13-14-15-25-16(23)21-22-17(24)26-27(18(2,3)4,19(5,6)7)20(8,9)10/h11-15H2,1-10H3. The Bertz CT molecular complexity index is 490. The van der Waals surface area contributed by atoms with Crippen molar-refractivity contribution in [2.24, 2.45) is 10.2 Å². The van der Waals surface area contributed by atoms with Crippen molar-refractivity contribution in [1.82, 2.24) is 0 Å². The third-order valence-electron chi connectivity index (χ3n) is 4.85. The Morgan fingerprint density at radius 2 is 1.19 bits per heavy atom. The zero-order chi connectivity index (χ0) is 21.5. The Kier molecular flexibility index (Phi) is 9.35. The molecule has 0 rings (SSSR count). The lowest BCUT2D eigenvalue weighted by molar-refractivity contribution is 0.151. The van der Waals surface area contributed by atoms with E-state index in [-0.39, 0.29) is 21.7 Å². The molecule has 6 nitrogen and oxygen atoms in total. The second-order valence-electron chi connectivity index (χ2n) is 10.2. The summed E-state index contributed by atoms with van der Waals surface area (Å²) in [5.41, 5.74) is 0. The van der Waals surface area contributed by atoms with Crippen LogP contribution in [-0.2, 0) is 9.16 Å². The number of azo groups is 1. The molecule has 0 atom stereocenters. The fourth-order valence-corrected chi connectivity index (χ4v) is 12.8. The van der Waals surface area contributed by atoms with Crippen molar-refractivity contribution >= 4 is 20.5 Å². The van der Waals surface area contributed by atoms with E-state index in [0.717, 1.165) is 25.7 Å². The molecule has 0 bridgehead atoms. The lowest BCUT2D eigenvalue weighted by atomic mass is 10.2. The summed E-state index contributed by atoms with van der Waals surface area (Å²) in [6.45, 7) is 21.3. The first-order chi connectivity index (χ1) is 12.1. The highest BCUT2D eigenvalue weighted by molar-refractivity contribution is 6.83. The predicted octanol–water partition coefficient (Wildman–Crippen LogP) is 7.64. The Hall–Kier alpha value is -1.24. The quantitative estimate of drug-likeness (QED) is 0.261. The number of unbranched alkanes of at least 4 members (excludes halogenated alkanes) is 3. The molecule has 7 heteroatoms. The maximum atomic E-state index is 12.5. The van der Waals surface area contributed by atoms with Crippen molar-refractivity contribution < 1.29 is 18.8 Å². The van der Waals surface area contributed by atoms with Crippen LogP contribution in [0.1, 0.15) is 94.9 Å². The van der Waals surface area contributed by atoms with Crippen LogP contribution in [0, 0.1) is 0 Å². The van der Waals surface area contributed by atoms with E-state index in [1.54, 1.807) is 0 Å². The molecule has 0 fully saturated rings. The molecule has 0 aromatic heterocycles. The minimum absolute atomic E-state index is 0.228. The van der Waals surface area contributed by atoms with Crippen molar-refractivity contribution in [3.8, 4) is 0 Å². The average molecular weight is 401 g/mol. The molecule has 0 aliphatic carbocycles. The van der Waals surface area contributed by atoms with Crippen LogP contribution in [0.3, 0.4) is 0 Å². The highest BCUT2D eigenvalue weighted by Crippen LogP contribution is 2.62. The molecule has 0 spiro atoms. The third kappa shape index (κ3) is 7.01. The van der Waals surface area contributed by atoms with Gasteiger partial charge in [-0.3, -0.25) is 0 Å². The fraction of sp³-hybridized carbons (Fsp3) is 0.900. The molecule has 0 saturated carbocycles. The third-order valence-corrected chi connectivity index (χ3v) is 11.7. The topological polar surface area (TPSA) is 77.3 Å². The van der Waals surface area contributed by atoms with E-state index in [4.69, 9.17) is 9.16 Å². The minimum atomic E-state index is -2.73. The van der Waals surface area contributed by atoms with Gasteiger partial charge in [0.1, 0.15) is 0 Å². The average Bonchev–Trinajstić information content (AvgIpc) is 2.46. The smallest absolute Gasteiger partial charge is 0.452 e. The summed E-state index contributed by atoms with van der Waals surface area (Å²) in [5.74, 6) is 0. The first-order valence-corrected chi connectivity index (χ1v) is 11.8. The van der Waals surface area contributed by atoms with Gasteiger partial charge in [0.25, 0.3) is 8.32 Å². The van der Waals surface area contributed by atoms with Gasteiger partial charge in [0.15, 0.2) is 0 Å². The van der Waals surface area contributed by atoms with Crippen molar-refractivity contribution in [1.29, 1.82) is 0 Å². The molecule has 158 valence electrons.